The molecule has 3 nitrogen and oxygen atoms in total. The first kappa shape index (κ1) is 12.3. The van der Waals surface area contributed by atoms with E-state index in [2.05, 4.69) is 21.2 Å². The van der Waals surface area contributed by atoms with Crippen LogP contribution >= 0.6 is 27.5 Å². The number of rotatable bonds is 3. The van der Waals surface area contributed by atoms with Gasteiger partial charge in [-0.2, -0.15) is 0 Å². The Kier molecular flexibility index (Phi) is 4.42. The lowest BCUT2D eigenvalue weighted by molar-refractivity contribution is -0.126. The molecule has 0 saturated heterocycles. The minimum atomic E-state index is 0.00559. The van der Waals surface area contributed by atoms with E-state index >= 15 is 0 Å². The van der Waals surface area contributed by atoms with Gasteiger partial charge in [-0.25, -0.2) is 0 Å². The van der Waals surface area contributed by atoms with Gasteiger partial charge in [0.2, 0.25) is 5.91 Å². The van der Waals surface area contributed by atoms with Crippen LogP contribution in [0.4, 0.5) is 5.69 Å². The lowest BCUT2D eigenvalue weighted by Gasteiger charge is -2.12. The molecule has 1 N–H and O–H groups in total. The second kappa shape index (κ2) is 5.37. The van der Waals surface area contributed by atoms with Crippen molar-refractivity contribution < 1.29 is 4.79 Å². The van der Waals surface area contributed by atoms with Crippen LogP contribution in [0.15, 0.2) is 22.7 Å². The maximum Gasteiger partial charge on any atom is 0.241 e. The van der Waals surface area contributed by atoms with Crippen molar-refractivity contribution in [1.29, 1.82) is 0 Å². The second-order valence-corrected chi connectivity index (χ2v) is 4.59. The number of hydrogen-bond donors (Lipinski definition) is 1. The second-order valence-electron chi connectivity index (χ2n) is 3.27. The molecule has 0 spiro atoms. The minimum Gasteiger partial charge on any atom is -0.375 e. The molecule has 0 saturated carbocycles. The van der Waals surface area contributed by atoms with Crippen LogP contribution in [0.1, 0.15) is 0 Å². The fraction of sp³-hybridized carbons (Fsp3) is 0.300. The summed E-state index contributed by atoms with van der Waals surface area (Å²) in [6.07, 6.45) is 0. The maximum atomic E-state index is 11.3. The number of halogens is 2. The van der Waals surface area contributed by atoms with Crippen LogP contribution in [-0.2, 0) is 4.79 Å². The standard InChI is InChI=1S/C10H12BrClN2O/c1-14(2)10(15)6-13-9-5-7(11)3-4-8(9)12/h3-5,13H,6H2,1-2H3. The summed E-state index contributed by atoms with van der Waals surface area (Å²) < 4.78 is 0.923. The van der Waals surface area contributed by atoms with Gasteiger partial charge in [-0.1, -0.05) is 27.5 Å². The van der Waals surface area contributed by atoms with Gasteiger partial charge in [-0.15, -0.1) is 0 Å². The van der Waals surface area contributed by atoms with E-state index in [-0.39, 0.29) is 12.5 Å². The van der Waals surface area contributed by atoms with Gasteiger partial charge >= 0.3 is 0 Å². The Bertz CT molecular complexity index is 368. The van der Waals surface area contributed by atoms with Crippen molar-refractivity contribution in [1.82, 2.24) is 4.90 Å². The fourth-order valence-electron chi connectivity index (χ4n) is 0.962. The smallest absolute Gasteiger partial charge is 0.241 e. The SMILES string of the molecule is CN(C)C(=O)CNc1cc(Br)ccc1Cl. The number of carbonyl (C=O) groups excluding carboxylic acids is 1. The molecule has 15 heavy (non-hydrogen) atoms. The molecule has 82 valence electrons. The first-order valence-corrected chi connectivity index (χ1v) is 5.57. The van der Waals surface area contributed by atoms with E-state index in [9.17, 15) is 4.79 Å². The molecule has 0 unspecified atom stereocenters. The third-order valence-electron chi connectivity index (χ3n) is 1.86. The largest absolute Gasteiger partial charge is 0.375 e. The summed E-state index contributed by atoms with van der Waals surface area (Å²) in [4.78, 5) is 12.8. The monoisotopic (exact) mass is 290 g/mol. The molecule has 1 rings (SSSR count). The molecule has 1 aromatic rings. The Morgan fingerprint density at radius 1 is 1.53 bits per heavy atom. The number of amides is 1. The number of nitrogens with zero attached hydrogens (tertiary/aromatic N) is 1. The van der Waals surface area contributed by atoms with E-state index in [1.807, 2.05) is 12.1 Å². The van der Waals surface area contributed by atoms with E-state index in [4.69, 9.17) is 11.6 Å². The van der Waals surface area contributed by atoms with Gasteiger partial charge in [0.15, 0.2) is 0 Å². The van der Waals surface area contributed by atoms with Crippen LogP contribution in [-0.4, -0.2) is 31.4 Å². The summed E-state index contributed by atoms with van der Waals surface area (Å²) in [5, 5.41) is 3.58. The highest BCUT2D eigenvalue weighted by atomic mass is 79.9. The summed E-state index contributed by atoms with van der Waals surface area (Å²) >= 11 is 9.29. The molecule has 0 fully saturated rings. The number of benzene rings is 1. The average molecular weight is 292 g/mol. The van der Waals surface area contributed by atoms with Gasteiger partial charge in [0.05, 0.1) is 17.3 Å². The predicted octanol–water partition coefficient (Wildman–Crippen LogP) is 2.60. The van der Waals surface area contributed by atoms with E-state index < -0.39 is 0 Å². The van der Waals surface area contributed by atoms with Gasteiger partial charge in [0, 0.05) is 18.6 Å². The van der Waals surface area contributed by atoms with Gasteiger partial charge in [0.25, 0.3) is 0 Å². The van der Waals surface area contributed by atoms with Crippen molar-refractivity contribution >= 4 is 39.1 Å². The molecule has 0 atom stereocenters. The van der Waals surface area contributed by atoms with Crippen LogP contribution in [0.2, 0.25) is 5.02 Å². The van der Waals surface area contributed by atoms with Gasteiger partial charge in [-0.3, -0.25) is 4.79 Å². The van der Waals surface area contributed by atoms with E-state index in [0.717, 1.165) is 10.2 Å². The predicted molar refractivity (Wildman–Crippen MR) is 66.3 cm³/mol. The van der Waals surface area contributed by atoms with Gasteiger partial charge in [0.1, 0.15) is 0 Å². The third kappa shape index (κ3) is 3.72. The molecule has 0 aliphatic rings. The van der Waals surface area contributed by atoms with Crippen LogP contribution < -0.4 is 5.32 Å². The van der Waals surface area contributed by atoms with E-state index in [1.165, 1.54) is 4.90 Å². The van der Waals surface area contributed by atoms with Gasteiger partial charge in [-0.05, 0) is 18.2 Å². The lowest BCUT2D eigenvalue weighted by Crippen LogP contribution is -2.28. The Morgan fingerprint density at radius 2 is 2.20 bits per heavy atom. The Labute approximate surface area is 103 Å². The van der Waals surface area contributed by atoms with E-state index in [0.29, 0.717) is 5.02 Å². The Balaban J connectivity index is 2.65. The summed E-state index contributed by atoms with van der Waals surface area (Å²) in [5.41, 5.74) is 0.751. The van der Waals surface area contributed by atoms with Crippen molar-refractivity contribution in [3.05, 3.63) is 27.7 Å². The molecule has 0 bridgehead atoms. The van der Waals surface area contributed by atoms with Crippen LogP contribution in [0.25, 0.3) is 0 Å². The highest BCUT2D eigenvalue weighted by molar-refractivity contribution is 9.10. The zero-order valence-corrected chi connectivity index (χ0v) is 10.9. The van der Waals surface area contributed by atoms with Crippen LogP contribution in [0.3, 0.4) is 0 Å². The number of hydrogen-bond acceptors (Lipinski definition) is 2. The first-order chi connectivity index (χ1) is 7.00. The van der Waals surface area contributed by atoms with Crippen molar-refractivity contribution in [3.8, 4) is 0 Å². The molecule has 0 aliphatic heterocycles. The Hall–Kier alpha value is -0.740. The summed E-state index contributed by atoms with van der Waals surface area (Å²) in [6.45, 7) is 0.239. The van der Waals surface area contributed by atoms with Crippen molar-refractivity contribution in [2.75, 3.05) is 26.0 Å². The van der Waals surface area contributed by atoms with Crippen molar-refractivity contribution in [2.24, 2.45) is 0 Å². The maximum absolute atomic E-state index is 11.3. The molecule has 5 heteroatoms. The highest BCUT2D eigenvalue weighted by Gasteiger charge is 2.05. The summed E-state index contributed by atoms with van der Waals surface area (Å²) in [5.74, 6) is 0.00559. The summed E-state index contributed by atoms with van der Waals surface area (Å²) in [7, 11) is 3.43. The number of carbonyl (C=O) groups is 1. The minimum absolute atomic E-state index is 0.00559. The Morgan fingerprint density at radius 3 is 2.80 bits per heavy atom. The number of likely N-dealkylation sites (N-methyl/N-ethyl adjacent to an activating group) is 1. The van der Waals surface area contributed by atoms with Crippen LogP contribution in [0.5, 0.6) is 0 Å². The topological polar surface area (TPSA) is 32.3 Å². The molecule has 0 heterocycles. The fourth-order valence-corrected chi connectivity index (χ4v) is 1.51. The molecular formula is C10H12BrClN2O. The molecular weight excluding hydrogens is 279 g/mol. The molecule has 0 radical (unpaired) electrons. The normalized spacial score (nSPS) is 9.87. The zero-order chi connectivity index (χ0) is 11.4. The third-order valence-corrected chi connectivity index (χ3v) is 2.68. The molecule has 0 aliphatic carbocycles. The number of anilines is 1. The number of nitrogens with one attached hydrogen (secondary N) is 1. The lowest BCUT2D eigenvalue weighted by atomic mass is 10.3. The van der Waals surface area contributed by atoms with Crippen LogP contribution in [0, 0.1) is 0 Å². The average Bonchev–Trinajstić information content (AvgIpc) is 2.18. The van der Waals surface area contributed by atoms with Crippen molar-refractivity contribution in [2.45, 2.75) is 0 Å². The highest BCUT2D eigenvalue weighted by Crippen LogP contribution is 2.25. The van der Waals surface area contributed by atoms with E-state index in [1.54, 1.807) is 20.2 Å². The van der Waals surface area contributed by atoms with Gasteiger partial charge < -0.3 is 10.2 Å². The molecule has 1 amide bonds. The quantitative estimate of drug-likeness (QED) is 0.928. The zero-order valence-electron chi connectivity index (χ0n) is 8.55. The molecule has 0 aromatic heterocycles. The van der Waals surface area contributed by atoms with Crippen molar-refractivity contribution in [3.63, 3.8) is 0 Å². The molecule has 1 aromatic carbocycles. The first-order valence-electron chi connectivity index (χ1n) is 4.40. The summed E-state index contributed by atoms with van der Waals surface area (Å²) in [6, 6.07) is 5.46.